The van der Waals surface area contributed by atoms with Crippen LogP contribution < -0.4 is 15.5 Å². The zero-order valence-corrected chi connectivity index (χ0v) is 22.0. The highest BCUT2D eigenvalue weighted by molar-refractivity contribution is 14.0. The number of nitrogens with zero attached hydrogens (tertiary/aromatic N) is 3. The van der Waals surface area contributed by atoms with Crippen LogP contribution in [0, 0.1) is 0 Å². The summed E-state index contributed by atoms with van der Waals surface area (Å²) < 4.78 is 11.3. The van der Waals surface area contributed by atoms with Crippen LogP contribution in [0.25, 0.3) is 0 Å². The minimum Gasteiger partial charge on any atom is -0.468 e. The van der Waals surface area contributed by atoms with Crippen LogP contribution in [0.5, 0.6) is 0 Å². The zero-order chi connectivity index (χ0) is 22.0. The Morgan fingerprint density at radius 2 is 1.79 bits per heavy atom. The number of aliphatic imine (C=N–C) groups is 1. The molecule has 0 spiro atoms. The summed E-state index contributed by atoms with van der Waals surface area (Å²) in [6.45, 7) is 10.0. The third kappa shape index (κ3) is 7.35. The SMILES string of the molecule is CCNC(=NCc1ccccc1N1CCOCC1)NCC(c1ccco1)N1CCCCC1.I. The molecule has 3 heterocycles. The van der Waals surface area contributed by atoms with Crippen LogP contribution in [0.4, 0.5) is 5.69 Å². The van der Waals surface area contributed by atoms with E-state index in [1.807, 2.05) is 6.07 Å². The van der Waals surface area contributed by atoms with Crippen LogP contribution in [0.15, 0.2) is 52.1 Å². The molecular weight excluding hydrogens is 529 g/mol. The first kappa shape index (κ1) is 25.8. The summed E-state index contributed by atoms with van der Waals surface area (Å²) in [5, 5.41) is 6.99. The van der Waals surface area contributed by atoms with Gasteiger partial charge in [0.2, 0.25) is 0 Å². The monoisotopic (exact) mass is 567 g/mol. The van der Waals surface area contributed by atoms with Crippen molar-refractivity contribution in [2.45, 2.75) is 38.8 Å². The molecule has 1 aromatic carbocycles. The molecule has 0 bridgehead atoms. The van der Waals surface area contributed by atoms with Crippen molar-refractivity contribution in [1.29, 1.82) is 0 Å². The molecule has 1 aromatic heterocycles. The Hall–Kier alpha value is -1.78. The number of guanidine groups is 1. The maximum Gasteiger partial charge on any atom is 0.191 e. The minimum atomic E-state index is 0. The molecule has 2 aliphatic rings. The van der Waals surface area contributed by atoms with Crippen molar-refractivity contribution < 1.29 is 9.15 Å². The molecule has 0 aliphatic carbocycles. The van der Waals surface area contributed by atoms with Gasteiger partial charge in [-0.05, 0) is 56.6 Å². The summed E-state index contributed by atoms with van der Waals surface area (Å²) in [6, 6.07) is 12.9. The fourth-order valence-corrected chi connectivity index (χ4v) is 4.58. The standard InChI is InChI=1S/C25H37N5O2.HI/c1-2-26-25(27-19-21-9-4-5-10-22(21)30-14-17-31-18-15-30)28-20-23(24-11-8-16-32-24)29-12-6-3-7-13-29;/h4-5,8-11,16,23H,2-3,6-7,12-15,17-20H2,1H3,(H2,26,27,28);1H. The third-order valence-corrected chi connectivity index (χ3v) is 6.26. The van der Waals surface area contributed by atoms with E-state index in [9.17, 15) is 0 Å². The molecule has 4 rings (SSSR count). The van der Waals surface area contributed by atoms with Crippen molar-refractivity contribution in [3.8, 4) is 0 Å². The Morgan fingerprint density at radius 3 is 2.52 bits per heavy atom. The van der Waals surface area contributed by atoms with Gasteiger partial charge in [0.15, 0.2) is 5.96 Å². The molecule has 2 saturated heterocycles. The molecule has 8 heteroatoms. The third-order valence-electron chi connectivity index (χ3n) is 6.26. The van der Waals surface area contributed by atoms with E-state index in [0.717, 1.165) is 64.2 Å². The Morgan fingerprint density at radius 1 is 1.00 bits per heavy atom. The van der Waals surface area contributed by atoms with Gasteiger partial charge < -0.3 is 24.7 Å². The fraction of sp³-hybridized carbons (Fsp3) is 0.560. The highest BCUT2D eigenvalue weighted by Gasteiger charge is 2.24. The zero-order valence-electron chi connectivity index (χ0n) is 19.7. The number of anilines is 1. The van der Waals surface area contributed by atoms with Crippen LogP contribution in [0.2, 0.25) is 0 Å². The second-order valence-electron chi connectivity index (χ2n) is 8.43. The van der Waals surface area contributed by atoms with Crippen LogP contribution in [-0.2, 0) is 11.3 Å². The Labute approximate surface area is 215 Å². The van der Waals surface area contributed by atoms with Crippen LogP contribution in [0.1, 0.15) is 43.6 Å². The molecule has 0 saturated carbocycles. The van der Waals surface area contributed by atoms with Gasteiger partial charge in [-0.1, -0.05) is 24.6 Å². The highest BCUT2D eigenvalue weighted by atomic mass is 127. The van der Waals surface area contributed by atoms with E-state index in [2.05, 4.69) is 57.7 Å². The fourth-order valence-electron chi connectivity index (χ4n) is 4.58. The van der Waals surface area contributed by atoms with E-state index in [4.69, 9.17) is 14.1 Å². The number of para-hydroxylation sites is 1. The van der Waals surface area contributed by atoms with Gasteiger partial charge in [-0.15, -0.1) is 24.0 Å². The molecule has 33 heavy (non-hydrogen) atoms. The highest BCUT2D eigenvalue weighted by Crippen LogP contribution is 2.25. The normalized spacial score (nSPS) is 18.5. The Balaban J connectivity index is 0.00000306. The van der Waals surface area contributed by atoms with E-state index in [1.54, 1.807) is 6.26 Å². The largest absolute Gasteiger partial charge is 0.468 e. The quantitative estimate of drug-likeness (QED) is 0.286. The van der Waals surface area contributed by atoms with E-state index in [-0.39, 0.29) is 30.0 Å². The van der Waals surface area contributed by atoms with E-state index < -0.39 is 0 Å². The number of nitrogens with one attached hydrogen (secondary N) is 2. The number of benzene rings is 1. The van der Waals surface area contributed by atoms with E-state index in [0.29, 0.717) is 6.54 Å². The minimum absolute atomic E-state index is 0. The number of rotatable bonds is 8. The first-order valence-corrected chi connectivity index (χ1v) is 12.1. The number of morpholine rings is 1. The smallest absolute Gasteiger partial charge is 0.191 e. The second kappa shape index (κ2) is 13.8. The lowest BCUT2D eigenvalue weighted by molar-refractivity contribution is 0.122. The lowest BCUT2D eigenvalue weighted by atomic mass is 10.1. The Bertz CT molecular complexity index is 833. The molecule has 0 radical (unpaired) electrons. The molecule has 182 valence electrons. The van der Waals surface area contributed by atoms with Crippen molar-refractivity contribution >= 4 is 35.6 Å². The molecule has 1 unspecified atom stereocenters. The summed E-state index contributed by atoms with van der Waals surface area (Å²) in [5.41, 5.74) is 2.50. The van der Waals surface area contributed by atoms with Crippen molar-refractivity contribution in [3.63, 3.8) is 0 Å². The lowest BCUT2D eigenvalue weighted by Gasteiger charge is -2.33. The molecule has 2 aromatic rings. The second-order valence-corrected chi connectivity index (χ2v) is 8.43. The van der Waals surface area contributed by atoms with Crippen LogP contribution >= 0.6 is 24.0 Å². The summed E-state index contributed by atoms with van der Waals surface area (Å²) in [4.78, 5) is 9.86. The first-order chi connectivity index (χ1) is 15.8. The summed E-state index contributed by atoms with van der Waals surface area (Å²) in [6.07, 6.45) is 5.60. The summed E-state index contributed by atoms with van der Waals surface area (Å²) in [7, 11) is 0. The molecule has 7 nitrogen and oxygen atoms in total. The average molecular weight is 568 g/mol. The van der Waals surface area contributed by atoms with Gasteiger partial charge in [0.25, 0.3) is 0 Å². The molecule has 2 N–H and O–H groups in total. The predicted octanol–water partition coefficient (Wildman–Crippen LogP) is 4.02. The van der Waals surface area contributed by atoms with Gasteiger partial charge >= 0.3 is 0 Å². The van der Waals surface area contributed by atoms with Crippen molar-refractivity contribution in [3.05, 3.63) is 54.0 Å². The molecular formula is C25H38IN5O2. The van der Waals surface area contributed by atoms with Gasteiger partial charge in [-0.2, -0.15) is 0 Å². The maximum absolute atomic E-state index is 5.80. The van der Waals surface area contributed by atoms with Crippen molar-refractivity contribution in [1.82, 2.24) is 15.5 Å². The van der Waals surface area contributed by atoms with Gasteiger partial charge in [-0.25, -0.2) is 4.99 Å². The van der Waals surface area contributed by atoms with E-state index >= 15 is 0 Å². The van der Waals surface area contributed by atoms with Crippen LogP contribution in [0.3, 0.4) is 0 Å². The number of furan rings is 1. The Kier molecular flexibility index (Phi) is 10.8. The van der Waals surface area contributed by atoms with Gasteiger partial charge in [0.05, 0.1) is 32.1 Å². The topological polar surface area (TPSA) is 65.3 Å². The number of hydrogen-bond donors (Lipinski definition) is 2. The number of hydrogen-bond acceptors (Lipinski definition) is 5. The molecule has 2 aliphatic heterocycles. The number of ether oxygens (including phenoxy) is 1. The maximum atomic E-state index is 5.80. The van der Waals surface area contributed by atoms with Crippen LogP contribution in [-0.4, -0.2) is 63.3 Å². The molecule has 0 amide bonds. The number of likely N-dealkylation sites (tertiary alicyclic amines) is 1. The summed E-state index contributed by atoms with van der Waals surface area (Å²) in [5.74, 6) is 1.87. The van der Waals surface area contributed by atoms with Crippen molar-refractivity contribution in [2.75, 3.05) is 57.4 Å². The van der Waals surface area contributed by atoms with Gasteiger partial charge in [0, 0.05) is 31.9 Å². The average Bonchev–Trinajstić information content (AvgIpc) is 3.39. The predicted molar refractivity (Wildman–Crippen MR) is 145 cm³/mol. The number of halogens is 1. The summed E-state index contributed by atoms with van der Waals surface area (Å²) >= 11 is 0. The van der Waals surface area contributed by atoms with Gasteiger partial charge in [-0.3, -0.25) is 4.90 Å². The number of piperidine rings is 1. The van der Waals surface area contributed by atoms with Crippen molar-refractivity contribution in [2.24, 2.45) is 4.99 Å². The first-order valence-electron chi connectivity index (χ1n) is 12.1. The lowest BCUT2D eigenvalue weighted by Crippen LogP contribution is -2.44. The van der Waals surface area contributed by atoms with E-state index in [1.165, 1.54) is 30.5 Å². The molecule has 1 atom stereocenters. The van der Waals surface area contributed by atoms with Gasteiger partial charge in [0.1, 0.15) is 5.76 Å². The molecule has 2 fully saturated rings.